The van der Waals surface area contributed by atoms with Gasteiger partial charge in [0, 0.05) is 28.1 Å². The highest BCUT2D eigenvalue weighted by Crippen LogP contribution is 2.57. The predicted octanol–water partition coefficient (Wildman–Crippen LogP) is 11.1. The van der Waals surface area contributed by atoms with Crippen LogP contribution in [0.2, 0.25) is 0 Å². The summed E-state index contributed by atoms with van der Waals surface area (Å²) < 4.78 is 26.9. The number of hydroxylamine groups is 1. The SMILES string of the molecule is [2H]C([2H])([2H])N1ON(c2cccc(C3(c4ccc5c6ccccc6n(-c6cc(C(C)C)ccn6)c5c4)c4ccccc4-c4ccccc43)c2)c2ccccc21. The van der Waals surface area contributed by atoms with E-state index < -0.39 is 12.4 Å². The van der Waals surface area contributed by atoms with E-state index in [9.17, 15) is 0 Å². The molecule has 1 aliphatic heterocycles. The molecule has 6 aromatic carbocycles. The normalized spacial score (nSPS) is 15.5. The molecule has 5 nitrogen and oxygen atoms in total. The zero-order chi connectivity index (χ0) is 36.8. The van der Waals surface area contributed by atoms with Crippen molar-refractivity contribution in [2.45, 2.75) is 25.2 Å². The van der Waals surface area contributed by atoms with Gasteiger partial charge in [-0.3, -0.25) is 4.57 Å². The topological polar surface area (TPSA) is 33.5 Å². The van der Waals surface area contributed by atoms with E-state index >= 15 is 0 Å². The summed E-state index contributed by atoms with van der Waals surface area (Å²) in [5.41, 5.74) is 11.4. The van der Waals surface area contributed by atoms with Gasteiger partial charge < -0.3 is 0 Å². The zero-order valence-electron chi connectivity index (χ0n) is 31.3. The number of hydrogen-bond acceptors (Lipinski definition) is 4. The smallest absolute Gasteiger partial charge is 0.137 e. The summed E-state index contributed by atoms with van der Waals surface area (Å²) in [4.78, 5) is 11.1. The standard InChI is InChI=1S/C46H36N4O/c1-30(2)31-25-26-47-45(27-31)49-41-20-9-6-17-37(41)38-24-23-33(29-44(38)49)46(39-18-7-4-15-35(39)36-16-5-8-19-40(36)46)32-13-12-14-34(28-32)50-43-22-11-10-21-42(43)48(3)51-50/h4-30H,1-3H3/i3D3. The largest absolute Gasteiger partial charge is 0.294 e. The molecule has 0 N–H and O–H groups in total. The third-order valence-electron chi connectivity index (χ3n) is 10.7. The molecule has 0 amide bonds. The van der Waals surface area contributed by atoms with Gasteiger partial charge in [-0.05, 0) is 93.4 Å². The van der Waals surface area contributed by atoms with Crippen LogP contribution in [0.15, 0.2) is 158 Å². The van der Waals surface area contributed by atoms with Crippen LogP contribution >= 0.6 is 0 Å². The minimum Gasteiger partial charge on any atom is -0.294 e. The summed E-state index contributed by atoms with van der Waals surface area (Å²) in [5.74, 6) is 1.24. The molecule has 0 saturated heterocycles. The number of pyridine rings is 1. The molecule has 0 saturated carbocycles. The highest BCUT2D eigenvalue weighted by atomic mass is 16.8. The number of fused-ring (bicyclic) bond motifs is 7. The fourth-order valence-electron chi connectivity index (χ4n) is 8.42. The van der Waals surface area contributed by atoms with E-state index in [2.05, 4.69) is 134 Å². The Kier molecular flexibility index (Phi) is 5.84. The third kappa shape index (κ3) is 4.22. The highest BCUT2D eigenvalue weighted by Gasteiger charge is 2.46. The van der Waals surface area contributed by atoms with E-state index in [1.54, 1.807) is 11.1 Å². The fourth-order valence-corrected chi connectivity index (χ4v) is 8.42. The van der Waals surface area contributed by atoms with Crippen molar-refractivity contribution in [3.05, 3.63) is 186 Å². The summed E-state index contributed by atoms with van der Waals surface area (Å²) in [6, 6.07) is 52.8. The third-order valence-corrected chi connectivity index (χ3v) is 10.7. The van der Waals surface area contributed by atoms with Gasteiger partial charge in [0.25, 0.3) is 0 Å². The first kappa shape index (κ1) is 26.7. The summed E-state index contributed by atoms with van der Waals surface area (Å²) in [6.45, 7) is 1.93. The second-order valence-electron chi connectivity index (χ2n) is 13.7. The molecule has 5 heteroatoms. The second kappa shape index (κ2) is 11.2. The van der Waals surface area contributed by atoms with Crippen LogP contribution < -0.4 is 10.1 Å². The van der Waals surface area contributed by atoms with Crippen molar-refractivity contribution in [2.24, 2.45) is 0 Å². The molecule has 51 heavy (non-hydrogen) atoms. The van der Waals surface area contributed by atoms with Crippen molar-refractivity contribution >= 4 is 38.9 Å². The van der Waals surface area contributed by atoms with E-state index in [0.717, 1.165) is 44.1 Å². The van der Waals surface area contributed by atoms with Crippen molar-refractivity contribution in [3.8, 4) is 16.9 Å². The van der Waals surface area contributed by atoms with Gasteiger partial charge in [-0.2, -0.15) is 5.06 Å². The molecule has 2 aliphatic rings. The first-order chi connectivity index (χ1) is 26.2. The number of aromatic nitrogens is 2. The molecular formula is C46H36N4O. The lowest BCUT2D eigenvalue weighted by Crippen LogP contribution is -2.29. The highest BCUT2D eigenvalue weighted by molar-refractivity contribution is 6.09. The molecule has 0 fully saturated rings. The van der Waals surface area contributed by atoms with Gasteiger partial charge in [-0.25, -0.2) is 10.0 Å². The average Bonchev–Trinajstić information content (AvgIpc) is 3.85. The summed E-state index contributed by atoms with van der Waals surface area (Å²) in [5, 5.41) is 4.96. The fraction of sp³-hybridized carbons (Fsp3) is 0.109. The molecule has 0 spiro atoms. The molecule has 1 aliphatic carbocycles. The van der Waals surface area contributed by atoms with Crippen LogP contribution in [0.1, 0.15) is 51.7 Å². The van der Waals surface area contributed by atoms with Crippen LogP contribution in [-0.2, 0) is 10.4 Å². The number of hydrogen-bond donors (Lipinski definition) is 0. The first-order valence-corrected chi connectivity index (χ1v) is 17.4. The van der Waals surface area contributed by atoms with E-state index in [1.807, 2.05) is 36.5 Å². The van der Waals surface area contributed by atoms with Crippen LogP contribution in [0.3, 0.4) is 0 Å². The van der Waals surface area contributed by atoms with Crippen LogP contribution in [0.4, 0.5) is 17.1 Å². The summed E-state index contributed by atoms with van der Waals surface area (Å²) >= 11 is 0. The Morgan fingerprint density at radius 3 is 2.10 bits per heavy atom. The van der Waals surface area contributed by atoms with Gasteiger partial charge in [0.1, 0.15) is 5.82 Å². The van der Waals surface area contributed by atoms with Gasteiger partial charge >= 0.3 is 0 Å². The van der Waals surface area contributed by atoms with Crippen LogP contribution in [0, 0.1) is 0 Å². The maximum atomic E-state index is 8.22. The van der Waals surface area contributed by atoms with Gasteiger partial charge in [0.05, 0.1) is 33.5 Å². The Balaban J connectivity index is 1.26. The molecule has 10 rings (SSSR count). The Labute approximate surface area is 301 Å². The van der Waals surface area contributed by atoms with Crippen molar-refractivity contribution in [1.82, 2.24) is 9.55 Å². The predicted molar refractivity (Wildman–Crippen MR) is 208 cm³/mol. The Bertz CT molecular complexity index is 2720. The minimum absolute atomic E-state index is 0.357. The van der Waals surface area contributed by atoms with Crippen LogP contribution in [0.25, 0.3) is 38.8 Å². The lowest BCUT2D eigenvalue weighted by Gasteiger charge is -2.34. The maximum absolute atomic E-state index is 8.22. The van der Waals surface area contributed by atoms with Crippen molar-refractivity contribution in [1.29, 1.82) is 0 Å². The molecule has 8 aromatic rings. The number of para-hydroxylation sites is 3. The summed E-state index contributed by atoms with van der Waals surface area (Å²) in [7, 11) is 0. The Morgan fingerprint density at radius 2 is 1.31 bits per heavy atom. The van der Waals surface area contributed by atoms with E-state index in [4.69, 9.17) is 14.0 Å². The zero-order valence-corrected chi connectivity index (χ0v) is 28.3. The Morgan fingerprint density at radius 1 is 0.627 bits per heavy atom. The quantitative estimate of drug-likeness (QED) is 0.183. The first-order valence-electron chi connectivity index (χ1n) is 18.9. The number of anilines is 3. The molecule has 2 aromatic heterocycles. The van der Waals surface area contributed by atoms with E-state index in [-0.39, 0.29) is 0 Å². The lowest BCUT2D eigenvalue weighted by atomic mass is 9.67. The molecule has 246 valence electrons. The van der Waals surface area contributed by atoms with E-state index in [0.29, 0.717) is 17.3 Å². The van der Waals surface area contributed by atoms with Crippen molar-refractivity contribution in [2.75, 3.05) is 17.1 Å². The second-order valence-corrected chi connectivity index (χ2v) is 13.7. The minimum atomic E-state index is -2.50. The lowest BCUT2D eigenvalue weighted by molar-refractivity contribution is 0.142. The molecule has 0 radical (unpaired) electrons. The average molecular weight is 664 g/mol. The Hall–Kier alpha value is -6.17. The van der Waals surface area contributed by atoms with Crippen molar-refractivity contribution in [3.63, 3.8) is 0 Å². The van der Waals surface area contributed by atoms with Crippen LogP contribution in [0.5, 0.6) is 0 Å². The maximum Gasteiger partial charge on any atom is 0.137 e. The molecule has 0 bridgehead atoms. The van der Waals surface area contributed by atoms with Gasteiger partial charge in [-0.1, -0.05) is 117 Å². The molecular weight excluding hydrogens is 625 g/mol. The number of rotatable bonds is 5. The summed E-state index contributed by atoms with van der Waals surface area (Å²) in [6.07, 6.45) is 1.91. The van der Waals surface area contributed by atoms with E-state index in [1.165, 1.54) is 33.2 Å². The van der Waals surface area contributed by atoms with Crippen molar-refractivity contribution < 1.29 is 9.05 Å². The van der Waals surface area contributed by atoms with Gasteiger partial charge in [0.15, 0.2) is 0 Å². The van der Waals surface area contributed by atoms with Crippen LogP contribution in [-0.4, -0.2) is 16.5 Å². The monoisotopic (exact) mass is 663 g/mol. The number of benzene rings is 6. The number of nitrogens with zero attached hydrogens (tertiary/aromatic N) is 4. The molecule has 3 heterocycles. The molecule has 0 atom stereocenters. The molecule has 0 unspecified atom stereocenters. The van der Waals surface area contributed by atoms with Gasteiger partial charge in [-0.15, -0.1) is 4.94 Å². The van der Waals surface area contributed by atoms with Gasteiger partial charge in [0.2, 0.25) is 0 Å².